The summed E-state index contributed by atoms with van der Waals surface area (Å²) in [7, 11) is 0. The summed E-state index contributed by atoms with van der Waals surface area (Å²) in [5.74, 6) is 0.987. The Bertz CT molecular complexity index is 194. The molecule has 2 nitrogen and oxygen atoms in total. The summed E-state index contributed by atoms with van der Waals surface area (Å²) >= 11 is 0. The molecule has 74 valence electrons. The van der Waals surface area contributed by atoms with Crippen LogP contribution in [-0.4, -0.2) is 18.4 Å². The van der Waals surface area contributed by atoms with Crippen LogP contribution in [0.4, 0.5) is 0 Å². The van der Waals surface area contributed by atoms with Gasteiger partial charge in [0.1, 0.15) is 5.72 Å². The summed E-state index contributed by atoms with van der Waals surface area (Å²) in [6.45, 7) is 0.994. The minimum Gasteiger partial charge on any atom is -0.361 e. The zero-order chi connectivity index (χ0) is 8.73. The van der Waals surface area contributed by atoms with Gasteiger partial charge in [0.25, 0.3) is 0 Å². The van der Waals surface area contributed by atoms with Gasteiger partial charge in [-0.1, -0.05) is 0 Å². The van der Waals surface area contributed by atoms with Crippen LogP contribution in [0.1, 0.15) is 44.9 Å². The van der Waals surface area contributed by atoms with Crippen LogP contribution in [-0.2, 0) is 4.74 Å². The van der Waals surface area contributed by atoms with Crippen LogP contribution < -0.4 is 5.32 Å². The van der Waals surface area contributed by atoms with Gasteiger partial charge in [-0.05, 0) is 50.9 Å². The average Bonchev–Trinajstić information content (AvgIpc) is 2.91. The maximum atomic E-state index is 5.92. The number of nitrogens with one attached hydrogen (secondary N) is 1. The fourth-order valence-electron chi connectivity index (χ4n) is 2.92. The largest absolute Gasteiger partial charge is 0.361 e. The Balaban J connectivity index is 1.68. The van der Waals surface area contributed by atoms with E-state index in [1.54, 1.807) is 0 Å². The van der Waals surface area contributed by atoms with Gasteiger partial charge >= 0.3 is 0 Å². The first-order valence-corrected chi connectivity index (χ1v) is 5.80. The molecule has 3 aliphatic rings. The molecule has 0 bridgehead atoms. The Hall–Kier alpha value is -0.0800. The van der Waals surface area contributed by atoms with Gasteiger partial charge in [-0.2, -0.15) is 0 Å². The second-order valence-electron chi connectivity index (χ2n) is 4.93. The van der Waals surface area contributed by atoms with Crippen molar-refractivity contribution >= 4 is 0 Å². The van der Waals surface area contributed by atoms with Gasteiger partial charge in [0.05, 0.1) is 6.61 Å². The predicted molar refractivity (Wildman–Crippen MR) is 51.4 cm³/mol. The van der Waals surface area contributed by atoms with Crippen molar-refractivity contribution in [3.8, 4) is 0 Å². The lowest BCUT2D eigenvalue weighted by atomic mass is 10.0. The van der Waals surface area contributed by atoms with E-state index in [1.165, 1.54) is 44.9 Å². The Labute approximate surface area is 80.0 Å². The maximum Gasteiger partial charge on any atom is 0.119 e. The van der Waals surface area contributed by atoms with Gasteiger partial charge in [0, 0.05) is 6.04 Å². The van der Waals surface area contributed by atoms with E-state index >= 15 is 0 Å². The van der Waals surface area contributed by atoms with E-state index in [-0.39, 0.29) is 5.72 Å². The van der Waals surface area contributed by atoms with Crippen LogP contribution in [0.3, 0.4) is 0 Å². The molecule has 0 aromatic carbocycles. The van der Waals surface area contributed by atoms with Crippen LogP contribution in [0.25, 0.3) is 0 Å². The van der Waals surface area contributed by atoms with Crippen molar-refractivity contribution < 1.29 is 4.74 Å². The lowest BCUT2D eigenvalue weighted by Gasteiger charge is -2.40. The zero-order valence-corrected chi connectivity index (χ0v) is 8.22. The third-order valence-corrected chi connectivity index (χ3v) is 3.86. The average molecular weight is 181 g/mol. The van der Waals surface area contributed by atoms with E-state index in [0.717, 1.165) is 18.6 Å². The van der Waals surface area contributed by atoms with E-state index in [4.69, 9.17) is 4.74 Å². The smallest absolute Gasteiger partial charge is 0.119 e. The van der Waals surface area contributed by atoms with Crippen LogP contribution in [0, 0.1) is 5.92 Å². The van der Waals surface area contributed by atoms with E-state index < -0.39 is 0 Å². The first-order chi connectivity index (χ1) is 6.38. The van der Waals surface area contributed by atoms with Crippen molar-refractivity contribution in [1.29, 1.82) is 0 Å². The van der Waals surface area contributed by atoms with Gasteiger partial charge in [-0.15, -0.1) is 0 Å². The Kier molecular flexibility index (Phi) is 1.88. The molecular formula is C11H19NO. The third kappa shape index (κ3) is 1.50. The molecule has 2 saturated carbocycles. The quantitative estimate of drug-likeness (QED) is 0.668. The van der Waals surface area contributed by atoms with Crippen LogP contribution in [0.2, 0.25) is 0 Å². The maximum absolute atomic E-state index is 5.92. The fourth-order valence-corrected chi connectivity index (χ4v) is 2.92. The highest BCUT2D eigenvalue weighted by Gasteiger charge is 2.43. The summed E-state index contributed by atoms with van der Waals surface area (Å²) in [5.41, 5.74) is 0.117. The molecule has 0 amide bonds. The number of ether oxygens (including phenoxy) is 1. The molecule has 1 unspecified atom stereocenters. The standard InChI is InChI=1S/C11H19NO/c1-2-7-11(6-1)12-10(5-8-13-11)9-3-4-9/h9-10,12H,1-8H2. The van der Waals surface area contributed by atoms with Gasteiger partial charge in [0.2, 0.25) is 0 Å². The molecule has 1 spiro atoms. The fraction of sp³-hybridized carbons (Fsp3) is 1.00. The highest BCUT2D eigenvalue weighted by molar-refractivity contribution is 4.96. The van der Waals surface area contributed by atoms with E-state index in [1.807, 2.05) is 0 Å². The molecule has 1 heterocycles. The number of rotatable bonds is 1. The Morgan fingerprint density at radius 2 is 1.85 bits per heavy atom. The predicted octanol–water partition coefficient (Wildman–Crippen LogP) is 2.05. The van der Waals surface area contributed by atoms with Crippen molar-refractivity contribution in [2.24, 2.45) is 5.92 Å². The van der Waals surface area contributed by atoms with Gasteiger partial charge in [-0.25, -0.2) is 0 Å². The minimum absolute atomic E-state index is 0.117. The molecule has 2 aliphatic carbocycles. The highest BCUT2D eigenvalue weighted by atomic mass is 16.5. The highest BCUT2D eigenvalue weighted by Crippen LogP contribution is 2.40. The molecule has 0 aromatic rings. The van der Waals surface area contributed by atoms with E-state index in [2.05, 4.69) is 5.32 Å². The molecular weight excluding hydrogens is 162 g/mol. The third-order valence-electron chi connectivity index (χ3n) is 3.86. The normalized spacial score (nSPS) is 38.3. The molecule has 2 heteroatoms. The molecule has 0 aromatic heterocycles. The van der Waals surface area contributed by atoms with Crippen molar-refractivity contribution in [1.82, 2.24) is 5.32 Å². The molecule has 3 fully saturated rings. The molecule has 3 rings (SSSR count). The zero-order valence-electron chi connectivity index (χ0n) is 8.22. The van der Waals surface area contributed by atoms with Gasteiger partial charge < -0.3 is 4.74 Å². The Morgan fingerprint density at radius 1 is 1.08 bits per heavy atom. The van der Waals surface area contributed by atoms with Crippen molar-refractivity contribution in [2.75, 3.05) is 6.61 Å². The molecule has 1 saturated heterocycles. The van der Waals surface area contributed by atoms with Crippen LogP contribution >= 0.6 is 0 Å². The second-order valence-corrected chi connectivity index (χ2v) is 4.93. The van der Waals surface area contributed by atoms with E-state index in [9.17, 15) is 0 Å². The molecule has 0 radical (unpaired) electrons. The minimum atomic E-state index is 0.117. The lowest BCUT2D eigenvalue weighted by Crippen LogP contribution is -2.55. The molecule has 1 aliphatic heterocycles. The summed E-state index contributed by atoms with van der Waals surface area (Å²) in [4.78, 5) is 0. The number of hydrogen-bond donors (Lipinski definition) is 1. The summed E-state index contributed by atoms with van der Waals surface area (Å²) in [6.07, 6.45) is 9.34. The molecule has 1 atom stereocenters. The Morgan fingerprint density at radius 3 is 2.54 bits per heavy atom. The van der Waals surface area contributed by atoms with Gasteiger partial charge in [-0.3, -0.25) is 5.32 Å². The topological polar surface area (TPSA) is 21.3 Å². The second kappa shape index (κ2) is 2.96. The SMILES string of the molecule is C1CCC2(C1)NC(C1CC1)CCO2. The number of hydrogen-bond acceptors (Lipinski definition) is 2. The monoisotopic (exact) mass is 181 g/mol. The summed E-state index contributed by atoms with van der Waals surface area (Å²) in [6, 6.07) is 0.784. The van der Waals surface area contributed by atoms with Crippen LogP contribution in [0.15, 0.2) is 0 Å². The van der Waals surface area contributed by atoms with Crippen molar-refractivity contribution in [3.63, 3.8) is 0 Å². The molecule has 13 heavy (non-hydrogen) atoms. The van der Waals surface area contributed by atoms with Gasteiger partial charge in [0.15, 0.2) is 0 Å². The van der Waals surface area contributed by atoms with Crippen molar-refractivity contribution in [3.05, 3.63) is 0 Å². The summed E-state index contributed by atoms with van der Waals surface area (Å²) < 4.78 is 5.92. The first-order valence-electron chi connectivity index (χ1n) is 5.80. The van der Waals surface area contributed by atoms with E-state index in [0.29, 0.717) is 0 Å². The lowest BCUT2D eigenvalue weighted by molar-refractivity contribution is -0.108. The first kappa shape index (κ1) is 8.25. The molecule has 1 N–H and O–H groups in total. The van der Waals surface area contributed by atoms with Crippen molar-refractivity contribution in [2.45, 2.75) is 56.7 Å². The van der Waals surface area contributed by atoms with Crippen LogP contribution in [0.5, 0.6) is 0 Å². The summed E-state index contributed by atoms with van der Waals surface area (Å²) in [5, 5.41) is 3.77.